The lowest BCUT2D eigenvalue weighted by atomic mass is 10.2. The summed E-state index contributed by atoms with van der Waals surface area (Å²) in [6, 6.07) is 19.2. The Hall–Kier alpha value is -3.07. The molecule has 0 fully saturated rings. The summed E-state index contributed by atoms with van der Waals surface area (Å²) >= 11 is 12.1. The number of carbonyl (C=O) groups is 1. The van der Waals surface area contributed by atoms with Crippen LogP contribution in [0, 0.1) is 0 Å². The molecule has 0 aromatic heterocycles. The van der Waals surface area contributed by atoms with Crippen LogP contribution in [-0.2, 0) is 14.8 Å². The lowest BCUT2D eigenvalue weighted by Gasteiger charge is -2.24. The molecular weight excluding hydrogens is 485 g/mol. The van der Waals surface area contributed by atoms with Gasteiger partial charge in [-0.3, -0.25) is 9.10 Å². The molecule has 0 bridgehead atoms. The summed E-state index contributed by atoms with van der Waals surface area (Å²) in [6.45, 7) is 1.94. The Morgan fingerprint density at radius 2 is 1.73 bits per heavy atom. The van der Waals surface area contributed by atoms with Gasteiger partial charge in [0.2, 0.25) is 0 Å². The molecule has 0 atom stereocenters. The highest BCUT2D eigenvalue weighted by atomic mass is 35.5. The molecule has 33 heavy (non-hydrogen) atoms. The fourth-order valence-corrected chi connectivity index (χ4v) is 4.56. The molecule has 3 aromatic carbocycles. The molecule has 3 rings (SSSR count). The molecule has 3 aromatic rings. The minimum atomic E-state index is -4.06. The van der Waals surface area contributed by atoms with E-state index < -0.39 is 22.5 Å². The van der Waals surface area contributed by atoms with Crippen molar-refractivity contribution in [2.45, 2.75) is 11.8 Å². The molecule has 0 aliphatic rings. The van der Waals surface area contributed by atoms with E-state index >= 15 is 0 Å². The van der Waals surface area contributed by atoms with E-state index in [4.69, 9.17) is 27.9 Å². The number of amides is 1. The van der Waals surface area contributed by atoms with Crippen LogP contribution in [0.25, 0.3) is 0 Å². The molecule has 0 heterocycles. The summed E-state index contributed by atoms with van der Waals surface area (Å²) in [6.07, 6.45) is 1.45. The molecule has 172 valence electrons. The molecule has 7 nitrogen and oxygen atoms in total. The highest BCUT2D eigenvalue weighted by Gasteiger charge is 2.27. The smallest absolute Gasteiger partial charge is 0.264 e. The number of rotatable bonds is 9. The Bertz CT molecular complexity index is 1230. The SMILES string of the molecule is CCOc1ccc(/C=N/NC(=O)CN(c2ccc(Cl)c(Cl)c2)S(=O)(=O)c2ccccc2)cc1. The minimum Gasteiger partial charge on any atom is -0.494 e. The van der Waals surface area contributed by atoms with Crippen molar-refractivity contribution in [2.24, 2.45) is 5.10 Å². The number of anilines is 1. The number of ether oxygens (including phenoxy) is 1. The second-order valence-corrected chi connectivity index (χ2v) is 9.40. The van der Waals surface area contributed by atoms with Crippen LogP contribution < -0.4 is 14.5 Å². The van der Waals surface area contributed by atoms with Gasteiger partial charge < -0.3 is 4.74 Å². The van der Waals surface area contributed by atoms with Crippen molar-refractivity contribution >= 4 is 51.0 Å². The molecule has 0 spiro atoms. The number of nitrogens with one attached hydrogen (secondary N) is 1. The Morgan fingerprint density at radius 1 is 1.03 bits per heavy atom. The van der Waals surface area contributed by atoms with Crippen LogP contribution in [0.4, 0.5) is 5.69 Å². The first-order chi connectivity index (χ1) is 15.8. The summed E-state index contributed by atoms with van der Waals surface area (Å²) in [5.74, 6) is 0.0878. The van der Waals surface area contributed by atoms with E-state index in [1.54, 1.807) is 42.5 Å². The fraction of sp³-hybridized carbons (Fsp3) is 0.130. The maximum atomic E-state index is 13.3. The van der Waals surface area contributed by atoms with Gasteiger partial charge in [-0.1, -0.05) is 41.4 Å². The summed E-state index contributed by atoms with van der Waals surface area (Å²) in [7, 11) is -4.06. The molecule has 0 saturated carbocycles. The monoisotopic (exact) mass is 505 g/mol. The second-order valence-electron chi connectivity index (χ2n) is 6.72. The number of hydrazone groups is 1. The van der Waals surface area contributed by atoms with Crippen molar-refractivity contribution in [1.29, 1.82) is 0 Å². The standard InChI is InChI=1S/C23H21Cl2N3O4S/c1-2-32-19-11-8-17(9-12-19)15-26-27-23(29)16-28(18-10-13-21(24)22(25)14-18)33(30,31)20-6-4-3-5-7-20/h3-15H,2,16H2,1H3,(H,27,29)/b26-15+. The van der Waals surface area contributed by atoms with E-state index in [0.717, 1.165) is 15.6 Å². The lowest BCUT2D eigenvalue weighted by Crippen LogP contribution is -2.39. The number of halogens is 2. The van der Waals surface area contributed by atoms with Crippen molar-refractivity contribution in [1.82, 2.24) is 5.43 Å². The molecule has 0 radical (unpaired) electrons. The molecule has 10 heteroatoms. The Labute approximate surface area is 202 Å². The van der Waals surface area contributed by atoms with Crippen LogP contribution >= 0.6 is 23.2 Å². The first kappa shape index (κ1) is 24.6. The largest absolute Gasteiger partial charge is 0.494 e. The van der Waals surface area contributed by atoms with Crippen LogP contribution in [0.5, 0.6) is 5.75 Å². The average molecular weight is 506 g/mol. The first-order valence-electron chi connectivity index (χ1n) is 9.89. The number of sulfonamides is 1. The van der Waals surface area contributed by atoms with Gasteiger partial charge >= 0.3 is 0 Å². The van der Waals surface area contributed by atoms with Gasteiger partial charge in [-0.2, -0.15) is 5.10 Å². The average Bonchev–Trinajstić information content (AvgIpc) is 2.81. The van der Waals surface area contributed by atoms with Gasteiger partial charge in [0, 0.05) is 0 Å². The first-order valence-corrected chi connectivity index (χ1v) is 12.1. The van der Waals surface area contributed by atoms with Crippen LogP contribution in [0.15, 0.2) is 82.8 Å². The third kappa shape index (κ3) is 6.47. The zero-order chi connectivity index (χ0) is 23.8. The molecule has 0 unspecified atom stereocenters. The van der Waals surface area contributed by atoms with Gasteiger partial charge in [0.1, 0.15) is 12.3 Å². The number of carbonyl (C=O) groups excluding carboxylic acids is 1. The zero-order valence-corrected chi connectivity index (χ0v) is 19.9. The normalized spacial score (nSPS) is 11.4. The van der Waals surface area contributed by atoms with Crippen molar-refractivity contribution in [3.8, 4) is 5.75 Å². The second kappa shape index (κ2) is 11.2. The van der Waals surface area contributed by atoms with Gasteiger partial charge in [-0.25, -0.2) is 13.8 Å². The van der Waals surface area contributed by atoms with E-state index in [-0.39, 0.29) is 20.6 Å². The number of hydrogen-bond acceptors (Lipinski definition) is 5. The van der Waals surface area contributed by atoms with Crippen molar-refractivity contribution in [2.75, 3.05) is 17.5 Å². The molecular formula is C23H21Cl2N3O4S. The van der Waals surface area contributed by atoms with Crippen molar-refractivity contribution in [3.05, 3.63) is 88.4 Å². The minimum absolute atomic E-state index is 0.0294. The third-order valence-electron chi connectivity index (χ3n) is 4.40. The quantitative estimate of drug-likeness (QED) is 0.336. The number of hydrogen-bond donors (Lipinski definition) is 1. The van der Waals surface area contributed by atoms with Crippen LogP contribution in [-0.4, -0.2) is 33.7 Å². The molecule has 0 aliphatic carbocycles. The van der Waals surface area contributed by atoms with E-state index in [1.807, 2.05) is 6.92 Å². The van der Waals surface area contributed by atoms with E-state index in [1.165, 1.54) is 36.5 Å². The Morgan fingerprint density at radius 3 is 2.36 bits per heavy atom. The van der Waals surface area contributed by atoms with Crippen LogP contribution in [0.2, 0.25) is 10.0 Å². The Balaban J connectivity index is 1.79. The van der Waals surface area contributed by atoms with Gasteiger partial charge in [0.25, 0.3) is 15.9 Å². The van der Waals surface area contributed by atoms with E-state index in [9.17, 15) is 13.2 Å². The molecule has 0 aliphatic heterocycles. The van der Waals surface area contributed by atoms with Gasteiger partial charge in [-0.05, 0) is 67.1 Å². The van der Waals surface area contributed by atoms with Crippen LogP contribution in [0.1, 0.15) is 12.5 Å². The van der Waals surface area contributed by atoms with Gasteiger partial charge in [-0.15, -0.1) is 0 Å². The molecule has 1 amide bonds. The van der Waals surface area contributed by atoms with Crippen LogP contribution in [0.3, 0.4) is 0 Å². The van der Waals surface area contributed by atoms with Crippen molar-refractivity contribution in [3.63, 3.8) is 0 Å². The highest BCUT2D eigenvalue weighted by molar-refractivity contribution is 7.92. The fourth-order valence-electron chi connectivity index (χ4n) is 2.84. The maximum Gasteiger partial charge on any atom is 0.264 e. The van der Waals surface area contributed by atoms with E-state index in [2.05, 4.69) is 10.5 Å². The third-order valence-corrected chi connectivity index (χ3v) is 6.93. The van der Waals surface area contributed by atoms with Crippen molar-refractivity contribution < 1.29 is 17.9 Å². The number of benzene rings is 3. The maximum absolute atomic E-state index is 13.3. The topological polar surface area (TPSA) is 88.1 Å². The lowest BCUT2D eigenvalue weighted by molar-refractivity contribution is -0.119. The molecule has 0 saturated heterocycles. The predicted octanol–water partition coefficient (Wildman–Crippen LogP) is 4.74. The van der Waals surface area contributed by atoms with E-state index in [0.29, 0.717) is 6.61 Å². The summed E-state index contributed by atoms with van der Waals surface area (Å²) in [4.78, 5) is 12.6. The van der Waals surface area contributed by atoms with Gasteiger partial charge in [0.05, 0.1) is 33.4 Å². The highest BCUT2D eigenvalue weighted by Crippen LogP contribution is 2.30. The molecule has 1 N–H and O–H groups in total. The predicted molar refractivity (Wildman–Crippen MR) is 131 cm³/mol. The summed E-state index contributed by atoms with van der Waals surface area (Å²) < 4.78 is 32.9. The summed E-state index contributed by atoms with van der Waals surface area (Å²) in [5.41, 5.74) is 3.28. The number of nitrogens with zero attached hydrogens (tertiary/aromatic N) is 2. The zero-order valence-electron chi connectivity index (χ0n) is 17.6. The van der Waals surface area contributed by atoms with Gasteiger partial charge in [0.15, 0.2) is 0 Å². The Kier molecular flexibility index (Phi) is 8.32. The summed E-state index contributed by atoms with van der Waals surface area (Å²) in [5, 5.41) is 4.35.